The molecular formula is C32H26N6O4. The van der Waals surface area contributed by atoms with Crippen molar-refractivity contribution >= 4 is 34.5 Å². The van der Waals surface area contributed by atoms with Crippen molar-refractivity contribution in [3.8, 4) is 28.8 Å². The molecule has 5 rings (SSSR count). The zero-order chi connectivity index (χ0) is 29.3. The van der Waals surface area contributed by atoms with Crippen molar-refractivity contribution in [2.24, 2.45) is 5.10 Å². The molecule has 0 aliphatic heterocycles. The predicted molar refractivity (Wildman–Crippen MR) is 162 cm³/mol. The molecule has 0 radical (unpaired) electrons. The van der Waals surface area contributed by atoms with E-state index in [9.17, 15) is 14.9 Å². The minimum absolute atomic E-state index is 0.0799. The van der Waals surface area contributed by atoms with Crippen LogP contribution in [0.3, 0.4) is 0 Å². The summed E-state index contributed by atoms with van der Waals surface area (Å²) < 4.78 is 11.5. The number of amides is 1. The number of nitrogens with zero attached hydrogens (tertiary/aromatic N) is 3. The van der Waals surface area contributed by atoms with Gasteiger partial charge < -0.3 is 14.8 Å². The number of hydrogen-bond acceptors (Lipinski definition) is 8. The molecule has 0 aliphatic carbocycles. The van der Waals surface area contributed by atoms with Crippen molar-refractivity contribution in [2.75, 3.05) is 24.0 Å². The summed E-state index contributed by atoms with van der Waals surface area (Å²) in [6.45, 7) is 2.02. The van der Waals surface area contributed by atoms with E-state index < -0.39 is 5.56 Å². The number of hydrazone groups is 1. The number of nitrogens with one attached hydrogen (secondary N) is 3. The molecule has 0 bridgehead atoms. The third-order valence-corrected chi connectivity index (χ3v) is 6.15. The smallest absolute Gasteiger partial charge is 0.270 e. The van der Waals surface area contributed by atoms with Gasteiger partial charge in [-0.3, -0.25) is 14.6 Å². The molecule has 0 aliphatic rings. The van der Waals surface area contributed by atoms with E-state index in [1.165, 1.54) is 6.21 Å². The summed E-state index contributed by atoms with van der Waals surface area (Å²) in [5, 5.41) is 18.5. The molecule has 0 fully saturated rings. The zero-order valence-electron chi connectivity index (χ0n) is 22.6. The number of rotatable bonds is 10. The molecule has 10 nitrogen and oxygen atoms in total. The van der Waals surface area contributed by atoms with Crippen molar-refractivity contribution in [1.82, 2.24) is 9.97 Å². The Morgan fingerprint density at radius 2 is 1.79 bits per heavy atom. The summed E-state index contributed by atoms with van der Waals surface area (Å²) in [5.41, 5.74) is 4.31. The van der Waals surface area contributed by atoms with E-state index in [0.29, 0.717) is 34.9 Å². The number of carbonyl (C=O) groups excluding carboxylic acids is 1. The number of aromatic nitrogens is 2. The van der Waals surface area contributed by atoms with Crippen LogP contribution in [0.1, 0.15) is 18.1 Å². The molecule has 1 heterocycles. The molecule has 4 aromatic carbocycles. The molecule has 42 heavy (non-hydrogen) atoms. The van der Waals surface area contributed by atoms with Gasteiger partial charge in [-0.1, -0.05) is 66.7 Å². The fraction of sp³-hybridized carbons (Fsp3) is 0.0938. The lowest BCUT2D eigenvalue weighted by atomic mass is 10.1. The summed E-state index contributed by atoms with van der Waals surface area (Å²) in [5.74, 6) is 0.620. The minimum atomic E-state index is -0.575. The largest absolute Gasteiger partial charge is 0.490 e. The first-order chi connectivity index (χ1) is 20.6. The van der Waals surface area contributed by atoms with Crippen LogP contribution >= 0.6 is 0 Å². The van der Waals surface area contributed by atoms with Crippen LogP contribution in [0, 0.1) is 11.3 Å². The predicted octanol–water partition coefficient (Wildman–Crippen LogP) is 5.32. The summed E-state index contributed by atoms with van der Waals surface area (Å²) in [6, 6.07) is 29.5. The van der Waals surface area contributed by atoms with Gasteiger partial charge in [-0.15, -0.1) is 0 Å². The Labute approximate surface area is 241 Å². The SMILES string of the molecule is CCOc1cc(C=NNc2nc(-c3ccccc3)c(C#N)c(=O)[nH]2)ccc1OCC(=O)Nc1cccc2ccccc12. The van der Waals surface area contributed by atoms with Crippen LogP contribution in [-0.2, 0) is 4.79 Å². The molecule has 0 atom stereocenters. The van der Waals surface area contributed by atoms with Crippen LogP contribution in [0.15, 0.2) is 101 Å². The van der Waals surface area contributed by atoms with Gasteiger partial charge in [0.05, 0.1) is 18.5 Å². The van der Waals surface area contributed by atoms with Crippen molar-refractivity contribution in [2.45, 2.75) is 6.92 Å². The van der Waals surface area contributed by atoms with Gasteiger partial charge in [0, 0.05) is 16.6 Å². The van der Waals surface area contributed by atoms with E-state index >= 15 is 0 Å². The molecule has 0 saturated carbocycles. The summed E-state index contributed by atoms with van der Waals surface area (Å²) in [4.78, 5) is 32.0. The fourth-order valence-electron chi connectivity index (χ4n) is 4.26. The molecule has 1 aromatic heterocycles. The van der Waals surface area contributed by atoms with Crippen LogP contribution in [0.25, 0.3) is 22.0 Å². The molecule has 0 unspecified atom stereocenters. The van der Waals surface area contributed by atoms with E-state index in [1.54, 1.807) is 42.5 Å². The normalized spacial score (nSPS) is 10.8. The van der Waals surface area contributed by atoms with Crippen LogP contribution in [0.5, 0.6) is 11.5 Å². The summed E-state index contributed by atoms with van der Waals surface area (Å²) >= 11 is 0. The molecule has 0 spiro atoms. The van der Waals surface area contributed by atoms with Gasteiger partial charge in [0.25, 0.3) is 11.5 Å². The van der Waals surface area contributed by atoms with E-state index in [0.717, 1.165) is 10.8 Å². The number of carbonyl (C=O) groups is 1. The fourth-order valence-corrected chi connectivity index (χ4v) is 4.26. The first-order valence-corrected chi connectivity index (χ1v) is 13.1. The second-order valence-corrected chi connectivity index (χ2v) is 8.99. The van der Waals surface area contributed by atoms with Gasteiger partial charge in [-0.2, -0.15) is 10.4 Å². The van der Waals surface area contributed by atoms with Gasteiger partial charge in [-0.25, -0.2) is 10.4 Å². The van der Waals surface area contributed by atoms with E-state index in [-0.39, 0.29) is 29.7 Å². The quantitative estimate of drug-likeness (QED) is 0.155. The number of hydrogen-bond donors (Lipinski definition) is 3. The Kier molecular flexibility index (Phi) is 8.50. The van der Waals surface area contributed by atoms with Crippen LogP contribution in [-0.4, -0.2) is 35.3 Å². The lowest BCUT2D eigenvalue weighted by Gasteiger charge is -2.13. The highest BCUT2D eigenvalue weighted by Crippen LogP contribution is 2.28. The highest BCUT2D eigenvalue weighted by molar-refractivity contribution is 6.02. The maximum Gasteiger partial charge on any atom is 0.270 e. The Balaban J connectivity index is 1.26. The number of nitriles is 1. The van der Waals surface area contributed by atoms with Gasteiger partial charge in [0.15, 0.2) is 18.1 Å². The second-order valence-electron chi connectivity index (χ2n) is 8.99. The molecular weight excluding hydrogens is 532 g/mol. The Hall–Kier alpha value is -5.95. The molecule has 3 N–H and O–H groups in total. The number of fused-ring (bicyclic) bond motifs is 1. The Bertz CT molecular complexity index is 1860. The van der Waals surface area contributed by atoms with Crippen LogP contribution in [0.4, 0.5) is 11.6 Å². The van der Waals surface area contributed by atoms with Gasteiger partial charge in [-0.05, 0) is 42.1 Å². The van der Waals surface area contributed by atoms with Crippen molar-refractivity contribution in [3.63, 3.8) is 0 Å². The molecule has 0 saturated heterocycles. The van der Waals surface area contributed by atoms with E-state index in [2.05, 4.69) is 25.8 Å². The monoisotopic (exact) mass is 558 g/mol. The summed E-state index contributed by atoms with van der Waals surface area (Å²) in [6.07, 6.45) is 1.51. The average Bonchev–Trinajstić information content (AvgIpc) is 3.01. The first-order valence-electron chi connectivity index (χ1n) is 13.1. The lowest BCUT2D eigenvalue weighted by molar-refractivity contribution is -0.118. The third kappa shape index (κ3) is 6.43. The maximum absolute atomic E-state index is 12.7. The van der Waals surface area contributed by atoms with Gasteiger partial charge >= 0.3 is 0 Å². The van der Waals surface area contributed by atoms with Crippen molar-refractivity contribution < 1.29 is 14.3 Å². The van der Waals surface area contributed by atoms with Crippen molar-refractivity contribution in [3.05, 3.63) is 112 Å². The lowest BCUT2D eigenvalue weighted by Crippen LogP contribution is -2.20. The topological polar surface area (TPSA) is 141 Å². The van der Waals surface area contributed by atoms with Gasteiger partial charge in [0.2, 0.25) is 5.95 Å². The summed E-state index contributed by atoms with van der Waals surface area (Å²) in [7, 11) is 0. The Morgan fingerprint density at radius 3 is 2.60 bits per heavy atom. The van der Waals surface area contributed by atoms with Crippen LogP contribution in [0.2, 0.25) is 0 Å². The number of aromatic amines is 1. The molecule has 5 aromatic rings. The number of anilines is 2. The van der Waals surface area contributed by atoms with Crippen molar-refractivity contribution in [1.29, 1.82) is 5.26 Å². The van der Waals surface area contributed by atoms with E-state index in [1.807, 2.05) is 61.5 Å². The highest BCUT2D eigenvalue weighted by Gasteiger charge is 2.13. The minimum Gasteiger partial charge on any atom is -0.490 e. The Morgan fingerprint density at radius 1 is 1.00 bits per heavy atom. The average molecular weight is 559 g/mol. The molecule has 10 heteroatoms. The second kappa shape index (κ2) is 12.9. The third-order valence-electron chi connectivity index (χ3n) is 6.15. The molecule has 208 valence electrons. The first kappa shape index (κ1) is 27.6. The maximum atomic E-state index is 12.7. The number of ether oxygens (including phenoxy) is 2. The van der Waals surface area contributed by atoms with E-state index in [4.69, 9.17) is 9.47 Å². The number of H-pyrrole nitrogens is 1. The highest BCUT2D eigenvalue weighted by atomic mass is 16.5. The standard InChI is InChI=1S/C32H26N6O4/c1-2-41-28-17-21(19-34-38-32-36-30(23-10-4-3-5-11-23)25(18-33)31(40)37-32)15-16-27(28)42-20-29(39)35-26-14-8-12-22-9-6-7-13-24(22)26/h3-17,19H,2,20H2,1H3,(H,35,39)(H2,36,37,38,40). The van der Waals surface area contributed by atoms with Crippen LogP contribution < -0.4 is 25.8 Å². The number of benzene rings is 4. The zero-order valence-corrected chi connectivity index (χ0v) is 22.6. The molecule has 1 amide bonds. The van der Waals surface area contributed by atoms with Gasteiger partial charge in [0.1, 0.15) is 11.6 Å².